The highest BCUT2D eigenvalue weighted by atomic mass is 32.1. The van der Waals surface area contributed by atoms with Gasteiger partial charge in [-0.15, -0.1) is 16.4 Å². The van der Waals surface area contributed by atoms with Gasteiger partial charge in [-0.2, -0.15) is 0 Å². The maximum Gasteiger partial charge on any atom is 0.124 e. The lowest BCUT2D eigenvalue weighted by molar-refractivity contribution is 0.209. The number of nitrogens with zero attached hydrogens (tertiary/aromatic N) is 4. The summed E-state index contributed by atoms with van der Waals surface area (Å²) in [4.78, 5) is 4.30. The molecule has 1 atom stereocenters. The molecule has 3 rings (SSSR count). The van der Waals surface area contributed by atoms with Crippen LogP contribution in [0.5, 0.6) is 0 Å². The lowest BCUT2D eigenvalue weighted by Crippen LogP contribution is -2.06. The van der Waals surface area contributed by atoms with Crippen LogP contribution >= 0.6 is 11.3 Å². The molecule has 0 saturated carbocycles. The highest BCUT2D eigenvalue weighted by Crippen LogP contribution is 2.25. The van der Waals surface area contributed by atoms with E-state index in [4.69, 9.17) is 0 Å². The summed E-state index contributed by atoms with van der Waals surface area (Å²) in [5.74, 6) is 0. The van der Waals surface area contributed by atoms with E-state index in [9.17, 15) is 5.11 Å². The molecule has 0 bridgehead atoms. The van der Waals surface area contributed by atoms with Gasteiger partial charge in [0.05, 0.1) is 22.1 Å². The van der Waals surface area contributed by atoms with Crippen molar-refractivity contribution < 1.29 is 5.11 Å². The van der Waals surface area contributed by atoms with Gasteiger partial charge in [-0.25, -0.2) is 4.68 Å². The number of fused-ring (bicyclic) bond motifs is 1. The van der Waals surface area contributed by atoms with Crippen LogP contribution in [0, 0.1) is 0 Å². The molecular weight excluding hydrogens is 236 g/mol. The van der Waals surface area contributed by atoms with E-state index in [2.05, 4.69) is 15.3 Å². The monoisotopic (exact) mass is 246 g/mol. The maximum absolute atomic E-state index is 10.2. The van der Waals surface area contributed by atoms with Crippen molar-refractivity contribution in [2.24, 2.45) is 7.05 Å². The third-order valence-electron chi connectivity index (χ3n) is 2.67. The molecule has 0 fully saturated rings. The van der Waals surface area contributed by atoms with Crippen molar-refractivity contribution in [1.82, 2.24) is 20.0 Å². The van der Waals surface area contributed by atoms with Crippen LogP contribution in [0.4, 0.5) is 0 Å². The standard InChI is InChI=1S/C11H10N4OS/c1-15-9(6-13-14-15)11(16)7-4-10-8(12-5-7)2-3-17-10/h2-6,11,16H,1H3. The minimum Gasteiger partial charge on any atom is -0.382 e. The second kappa shape index (κ2) is 3.90. The zero-order chi connectivity index (χ0) is 11.8. The predicted molar refractivity (Wildman–Crippen MR) is 64.7 cm³/mol. The lowest BCUT2D eigenvalue weighted by atomic mass is 10.1. The molecule has 1 unspecified atom stereocenters. The largest absolute Gasteiger partial charge is 0.382 e. The number of aryl methyl sites for hydroxylation is 1. The van der Waals surface area contributed by atoms with E-state index in [0.717, 1.165) is 15.8 Å². The minimum absolute atomic E-state index is 0.655. The average Bonchev–Trinajstić information content (AvgIpc) is 2.95. The summed E-state index contributed by atoms with van der Waals surface area (Å²) < 4.78 is 2.63. The van der Waals surface area contributed by atoms with Gasteiger partial charge in [0.25, 0.3) is 0 Å². The number of aliphatic hydroxyl groups is 1. The van der Waals surface area contributed by atoms with Crippen LogP contribution in [0.25, 0.3) is 10.2 Å². The Morgan fingerprint density at radius 1 is 1.41 bits per heavy atom. The van der Waals surface area contributed by atoms with E-state index in [0.29, 0.717) is 5.69 Å². The van der Waals surface area contributed by atoms with Crippen LogP contribution in [0.1, 0.15) is 17.4 Å². The summed E-state index contributed by atoms with van der Waals surface area (Å²) in [7, 11) is 1.75. The van der Waals surface area contributed by atoms with Gasteiger partial charge in [-0.05, 0) is 17.5 Å². The van der Waals surface area contributed by atoms with Gasteiger partial charge in [0.15, 0.2) is 0 Å². The molecule has 3 heterocycles. The van der Waals surface area contributed by atoms with Crippen molar-refractivity contribution in [3.63, 3.8) is 0 Å². The van der Waals surface area contributed by atoms with E-state index in [1.54, 1.807) is 35.5 Å². The smallest absolute Gasteiger partial charge is 0.124 e. The zero-order valence-corrected chi connectivity index (χ0v) is 9.92. The molecule has 0 aliphatic rings. The van der Waals surface area contributed by atoms with Crippen LogP contribution in [0.2, 0.25) is 0 Å². The number of aromatic nitrogens is 4. The van der Waals surface area contributed by atoms with Gasteiger partial charge in [-0.1, -0.05) is 5.21 Å². The summed E-state index contributed by atoms with van der Waals surface area (Å²) >= 11 is 1.61. The Hall–Kier alpha value is -1.79. The van der Waals surface area contributed by atoms with Gasteiger partial charge in [0.1, 0.15) is 6.10 Å². The maximum atomic E-state index is 10.2. The SMILES string of the molecule is Cn1nncc1C(O)c1cnc2ccsc2c1. The molecule has 0 aromatic carbocycles. The fourth-order valence-electron chi connectivity index (χ4n) is 1.73. The van der Waals surface area contributed by atoms with Crippen molar-refractivity contribution in [2.45, 2.75) is 6.10 Å². The highest BCUT2D eigenvalue weighted by Gasteiger charge is 2.15. The fourth-order valence-corrected chi connectivity index (χ4v) is 2.52. The number of thiophene rings is 1. The normalized spacial score (nSPS) is 13.1. The molecule has 0 radical (unpaired) electrons. The number of hydrogen-bond donors (Lipinski definition) is 1. The molecule has 3 aromatic heterocycles. The van der Waals surface area contributed by atoms with Crippen LogP contribution in [-0.4, -0.2) is 25.1 Å². The molecule has 0 spiro atoms. The molecule has 1 N–H and O–H groups in total. The van der Waals surface area contributed by atoms with Crippen molar-refractivity contribution in [1.29, 1.82) is 0 Å². The van der Waals surface area contributed by atoms with E-state index >= 15 is 0 Å². The molecule has 6 heteroatoms. The van der Waals surface area contributed by atoms with Gasteiger partial charge in [-0.3, -0.25) is 4.98 Å². The van der Waals surface area contributed by atoms with Gasteiger partial charge in [0, 0.05) is 18.8 Å². The molecule has 0 aliphatic carbocycles. The predicted octanol–water partition coefficient (Wildman–Crippen LogP) is 1.51. The van der Waals surface area contributed by atoms with Gasteiger partial charge >= 0.3 is 0 Å². The third-order valence-corrected chi connectivity index (χ3v) is 3.52. The summed E-state index contributed by atoms with van der Waals surface area (Å²) in [5, 5.41) is 19.8. The second-order valence-electron chi connectivity index (χ2n) is 3.76. The first-order valence-electron chi connectivity index (χ1n) is 5.11. The molecule has 0 amide bonds. The van der Waals surface area contributed by atoms with Crippen LogP contribution in [-0.2, 0) is 7.05 Å². The van der Waals surface area contributed by atoms with Crippen LogP contribution in [0.15, 0.2) is 29.9 Å². The summed E-state index contributed by atoms with van der Waals surface area (Å²) in [6.45, 7) is 0. The highest BCUT2D eigenvalue weighted by molar-refractivity contribution is 7.17. The molecule has 17 heavy (non-hydrogen) atoms. The quantitative estimate of drug-likeness (QED) is 0.744. The number of rotatable bonds is 2. The average molecular weight is 246 g/mol. The van der Waals surface area contributed by atoms with E-state index in [1.807, 2.05) is 17.5 Å². The Kier molecular flexibility index (Phi) is 2.38. The minimum atomic E-state index is -0.742. The first-order valence-corrected chi connectivity index (χ1v) is 5.99. The first kappa shape index (κ1) is 10.4. The summed E-state index contributed by atoms with van der Waals surface area (Å²) in [6.07, 6.45) is 2.50. The fraction of sp³-hybridized carbons (Fsp3) is 0.182. The topological polar surface area (TPSA) is 63.8 Å². The van der Waals surface area contributed by atoms with Crippen molar-refractivity contribution in [3.05, 3.63) is 41.2 Å². The summed E-state index contributed by atoms with van der Waals surface area (Å²) in [5.41, 5.74) is 2.36. The summed E-state index contributed by atoms with van der Waals surface area (Å²) in [6, 6.07) is 3.91. The van der Waals surface area contributed by atoms with Gasteiger partial charge in [0.2, 0.25) is 0 Å². The van der Waals surface area contributed by atoms with Crippen LogP contribution < -0.4 is 0 Å². The third kappa shape index (κ3) is 1.71. The Balaban J connectivity index is 2.06. The molecule has 3 aromatic rings. The second-order valence-corrected chi connectivity index (χ2v) is 4.71. The molecule has 5 nitrogen and oxygen atoms in total. The number of aliphatic hydroxyl groups excluding tert-OH is 1. The lowest BCUT2D eigenvalue weighted by Gasteiger charge is -2.09. The Morgan fingerprint density at radius 3 is 3.06 bits per heavy atom. The number of hydrogen-bond acceptors (Lipinski definition) is 5. The Bertz CT molecular complexity index is 660. The molecule has 86 valence electrons. The van der Waals surface area contributed by atoms with Crippen LogP contribution in [0.3, 0.4) is 0 Å². The van der Waals surface area contributed by atoms with Crippen molar-refractivity contribution >= 4 is 21.6 Å². The zero-order valence-electron chi connectivity index (χ0n) is 9.11. The molecule has 0 aliphatic heterocycles. The van der Waals surface area contributed by atoms with Crippen molar-refractivity contribution in [3.8, 4) is 0 Å². The molecule has 0 saturated heterocycles. The van der Waals surface area contributed by atoms with E-state index in [-0.39, 0.29) is 0 Å². The first-order chi connectivity index (χ1) is 8.25. The van der Waals surface area contributed by atoms with E-state index in [1.165, 1.54) is 0 Å². The Morgan fingerprint density at radius 2 is 2.29 bits per heavy atom. The van der Waals surface area contributed by atoms with E-state index < -0.39 is 6.10 Å². The Labute approximate surface area is 101 Å². The van der Waals surface area contributed by atoms with Crippen molar-refractivity contribution in [2.75, 3.05) is 0 Å². The van der Waals surface area contributed by atoms with Gasteiger partial charge < -0.3 is 5.11 Å². The number of pyridine rings is 1. The molecular formula is C11H10N4OS.